The van der Waals surface area contributed by atoms with Gasteiger partial charge in [-0.25, -0.2) is 18.3 Å². The van der Waals surface area contributed by atoms with Crippen molar-refractivity contribution in [1.82, 2.24) is 0 Å². The molecule has 12 bridgehead atoms. The molecule has 0 fully saturated rings. The SMILES string of the molecule is CSC1=C(SC)SC(=C2SC(SC)=C(SCCOCCOCCOc3cc4cc(c3)C[n+]3ccc(cc3)-c3cc[n+](cc3)Cc3ccc(cc3)C[n+]3ccc(cc3)-c3cc[n+](cc3)C4)S2)S1. The average Bonchev–Trinajstić information content (AvgIpc) is 3.98. The number of hydrogen-bond acceptors (Lipinski definition) is 11. The number of hydrogen-bond donors (Lipinski definition) is 0. The second-order valence-corrected chi connectivity index (χ2v) is 24.7. The molecule has 0 saturated heterocycles. The van der Waals surface area contributed by atoms with Crippen LogP contribution in [0.25, 0.3) is 22.3 Å². The molecule has 0 aliphatic carbocycles. The van der Waals surface area contributed by atoms with Gasteiger partial charge in [0, 0.05) is 76.5 Å². The molecule has 6 aromatic rings. The van der Waals surface area contributed by atoms with Crippen LogP contribution < -0.4 is 23.0 Å². The lowest BCUT2D eigenvalue weighted by molar-refractivity contribution is -0.689. The summed E-state index contributed by atoms with van der Waals surface area (Å²) in [5.74, 6) is 1.77. The summed E-state index contributed by atoms with van der Waals surface area (Å²) in [4.78, 5) is 0. The molecule has 7 nitrogen and oxygen atoms in total. The molecule has 2 aromatic carbocycles. The van der Waals surface area contributed by atoms with Gasteiger partial charge in [-0.3, -0.25) is 0 Å². The highest BCUT2D eigenvalue weighted by atomic mass is 32.3. The molecule has 0 amide bonds. The Morgan fingerprint density at radius 2 is 0.758 bits per heavy atom. The molecule has 0 N–H and O–H groups in total. The van der Waals surface area contributed by atoms with Crippen LogP contribution in [0.15, 0.2) is 166 Å². The summed E-state index contributed by atoms with van der Waals surface area (Å²) in [6, 6.07) is 33.2. The lowest BCUT2D eigenvalue weighted by atomic mass is 10.1. The van der Waals surface area contributed by atoms with E-state index in [1.807, 2.05) is 94.1 Å². The molecule has 66 heavy (non-hydrogen) atoms. The van der Waals surface area contributed by atoms with Crippen molar-refractivity contribution < 1.29 is 32.5 Å². The molecular formula is C51H52N4O3S8+4. The fourth-order valence-electron chi connectivity index (χ4n) is 7.52. The number of benzene rings is 2. The second-order valence-electron chi connectivity index (χ2n) is 15.5. The van der Waals surface area contributed by atoms with Crippen LogP contribution in [-0.4, -0.2) is 57.6 Å². The summed E-state index contributed by atoms with van der Waals surface area (Å²) in [6.45, 7) is 5.85. The van der Waals surface area contributed by atoms with E-state index in [0.717, 1.165) is 37.7 Å². The number of nitrogens with zero attached hydrogens (tertiary/aromatic N) is 4. The predicted molar refractivity (Wildman–Crippen MR) is 285 cm³/mol. The van der Waals surface area contributed by atoms with Crippen LogP contribution in [0.3, 0.4) is 0 Å². The van der Waals surface area contributed by atoms with Crippen molar-refractivity contribution in [1.29, 1.82) is 0 Å². The van der Waals surface area contributed by atoms with Crippen LogP contribution in [-0.2, 0) is 35.7 Å². The average molecular weight is 1030 g/mol. The Morgan fingerprint density at radius 1 is 0.409 bits per heavy atom. The zero-order valence-electron chi connectivity index (χ0n) is 37.1. The fourth-order valence-corrected chi connectivity index (χ4v) is 18.2. The quantitative estimate of drug-likeness (QED) is 0.0773. The van der Waals surface area contributed by atoms with Crippen LogP contribution in [0.1, 0.15) is 22.3 Å². The molecule has 10 aliphatic heterocycles. The maximum Gasteiger partial charge on any atom is 0.173 e. The van der Waals surface area contributed by atoms with E-state index < -0.39 is 0 Å². The zero-order valence-corrected chi connectivity index (χ0v) is 43.7. The van der Waals surface area contributed by atoms with E-state index in [0.29, 0.717) is 33.0 Å². The first-order valence-electron chi connectivity index (χ1n) is 21.6. The van der Waals surface area contributed by atoms with Crippen molar-refractivity contribution in [3.05, 3.63) is 188 Å². The first kappa shape index (κ1) is 47.8. The summed E-state index contributed by atoms with van der Waals surface area (Å²) in [5, 5.41) is 0. The molecule has 16 rings (SSSR count). The zero-order chi connectivity index (χ0) is 45.1. The molecule has 0 atom stereocenters. The summed E-state index contributed by atoms with van der Waals surface area (Å²) in [7, 11) is 0. The Kier molecular flexibility index (Phi) is 17.3. The molecule has 0 saturated carbocycles. The predicted octanol–water partition coefficient (Wildman–Crippen LogP) is 11.3. The highest BCUT2D eigenvalue weighted by Gasteiger charge is 2.29. The van der Waals surface area contributed by atoms with Gasteiger partial charge in [0.25, 0.3) is 0 Å². The third-order valence-corrected chi connectivity index (χ3v) is 21.9. The smallest absolute Gasteiger partial charge is 0.173 e. The van der Waals surface area contributed by atoms with Gasteiger partial charge >= 0.3 is 0 Å². The van der Waals surface area contributed by atoms with Gasteiger partial charge < -0.3 is 14.2 Å². The largest absolute Gasteiger partial charge is 0.491 e. The first-order chi connectivity index (χ1) is 32.5. The number of thioether (sulfide) groups is 8. The molecule has 4 aromatic heterocycles. The molecule has 15 heteroatoms. The normalized spacial score (nSPS) is 15.0. The highest BCUT2D eigenvalue weighted by Crippen LogP contribution is 2.65. The molecule has 0 radical (unpaired) electrons. The van der Waals surface area contributed by atoms with E-state index >= 15 is 0 Å². The lowest BCUT2D eigenvalue weighted by Gasteiger charge is -2.11. The summed E-state index contributed by atoms with van der Waals surface area (Å²) in [5.41, 5.74) is 9.69. The molecule has 10 aliphatic rings. The Balaban J connectivity index is 0.799. The molecule has 0 unspecified atom stereocenters. The summed E-state index contributed by atoms with van der Waals surface area (Å²) < 4.78 is 35.7. The van der Waals surface area contributed by atoms with Crippen LogP contribution in [0, 0.1) is 0 Å². The molecular weight excluding hydrogens is 973 g/mol. The van der Waals surface area contributed by atoms with Crippen LogP contribution in [0.4, 0.5) is 0 Å². The maximum absolute atomic E-state index is 6.36. The van der Waals surface area contributed by atoms with Gasteiger partial charge in [-0.15, -0.1) is 47.0 Å². The Bertz CT molecular complexity index is 2550. The van der Waals surface area contributed by atoms with E-state index in [1.165, 1.54) is 69.9 Å². The van der Waals surface area contributed by atoms with E-state index in [1.54, 1.807) is 0 Å². The first-order valence-corrected chi connectivity index (χ1v) is 29.6. The van der Waals surface area contributed by atoms with E-state index in [-0.39, 0.29) is 0 Å². The van der Waals surface area contributed by atoms with Gasteiger partial charge in [0.15, 0.2) is 75.8 Å². The summed E-state index contributed by atoms with van der Waals surface area (Å²) >= 11 is 15.1. The number of ether oxygens (including phenoxy) is 3. The number of aromatic nitrogens is 4. The Hall–Kier alpha value is -3.22. The van der Waals surface area contributed by atoms with Crippen molar-refractivity contribution in [2.75, 3.05) is 57.6 Å². The Labute approximate surface area is 423 Å². The lowest BCUT2D eigenvalue weighted by Crippen LogP contribution is -2.34. The van der Waals surface area contributed by atoms with E-state index in [4.69, 9.17) is 14.2 Å². The summed E-state index contributed by atoms with van der Waals surface area (Å²) in [6.07, 6.45) is 23.9. The minimum absolute atomic E-state index is 0.462. The fraction of sp³-hybridized carbons (Fsp3) is 0.255. The van der Waals surface area contributed by atoms with Crippen molar-refractivity contribution in [2.45, 2.75) is 26.2 Å². The highest BCUT2D eigenvalue weighted by molar-refractivity contribution is 8.45. The van der Waals surface area contributed by atoms with Gasteiger partial charge in [0.1, 0.15) is 12.4 Å². The second kappa shape index (κ2) is 23.9. The number of fused-ring (bicyclic) bond motifs is 1. The van der Waals surface area contributed by atoms with Crippen molar-refractivity contribution in [3.8, 4) is 28.0 Å². The molecule has 14 heterocycles. The monoisotopic (exact) mass is 1020 g/mol. The standard InChI is InChI=1S/C51H52N4O3S8/c1-59-46-47(60-2)64-50(63-46)51-65-48(61-3)49(66-51)62-29-28-57-25-24-56-26-27-58-45-31-39-30-40(32-45)36-55-22-14-44(15-23-55)42-10-18-53(19-11-42)34-38-5-4-37(6-7-38)33-52-16-8-41(9-17-52)43-12-20-54(35-39)21-13-43/h4-23,30-32H,24-29,33-36H2,1-3H3/q+4. The van der Waals surface area contributed by atoms with Gasteiger partial charge in [0.05, 0.1) is 51.9 Å². The minimum atomic E-state index is 0.462. The van der Waals surface area contributed by atoms with Gasteiger partial charge in [-0.05, 0) is 59.2 Å². The molecule has 338 valence electrons. The van der Waals surface area contributed by atoms with Gasteiger partial charge in [-0.1, -0.05) is 71.3 Å². The topological polar surface area (TPSA) is 43.2 Å². The Morgan fingerprint density at radius 3 is 1.17 bits per heavy atom. The van der Waals surface area contributed by atoms with Crippen LogP contribution in [0.5, 0.6) is 5.75 Å². The van der Waals surface area contributed by atoms with Crippen LogP contribution in [0.2, 0.25) is 0 Å². The van der Waals surface area contributed by atoms with Crippen LogP contribution >= 0.6 is 94.1 Å². The van der Waals surface area contributed by atoms with Gasteiger partial charge in [-0.2, -0.15) is 0 Å². The molecule has 0 spiro atoms. The number of rotatable bonds is 14. The van der Waals surface area contributed by atoms with Crippen molar-refractivity contribution in [2.24, 2.45) is 0 Å². The maximum atomic E-state index is 6.36. The third kappa shape index (κ3) is 12.9. The third-order valence-electron chi connectivity index (χ3n) is 10.9. The van der Waals surface area contributed by atoms with E-state index in [9.17, 15) is 0 Å². The van der Waals surface area contributed by atoms with Gasteiger partial charge in [0.2, 0.25) is 0 Å². The van der Waals surface area contributed by atoms with Crippen molar-refractivity contribution in [3.63, 3.8) is 0 Å². The minimum Gasteiger partial charge on any atom is -0.491 e. The number of pyridine rings is 4. The van der Waals surface area contributed by atoms with E-state index in [2.05, 4.69) is 178 Å². The van der Waals surface area contributed by atoms with Crippen molar-refractivity contribution >= 4 is 94.1 Å².